The molecular weight excluding hydrogens is 438 g/mol. The molecule has 0 saturated carbocycles. The van der Waals surface area contributed by atoms with E-state index in [0.717, 1.165) is 59.5 Å². The van der Waals surface area contributed by atoms with E-state index < -0.39 is 0 Å². The molecule has 0 bridgehead atoms. The number of piperazine rings is 1. The Balaban J connectivity index is 1.20. The Labute approximate surface area is 204 Å². The molecule has 4 heterocycles. The summed E-state index contributed by atoms with van der Waals surface area (Å²) in [4.78, 5) is 30.5. The van der Waals surface area contributed by atoms with E-state index in [4.69, 9.17) is 5.73 Å². The van der Waals surface area contributed by atoms with Crippen molar-refractivity contribution >= 4 is 28.3 Å². The summed E-state index contributed by atoms with van der Waals surface area (Å²) in [6, 6.07) is 13.9. The van der Waals surface area contributed by atoms with Gasteiger partial charge in [-0.25, -0.2) is 9.97 Å². The smallest absolute Gasteiger partial charge is 0.253 e. The molecule has 4 aromatic rings. The van der Waals surface area contributed by atoms with Crippen molar-refractivity contribution < 1.29 is 4.79 Å². The van der Waals surface area contributed by atoms with E-state index in [2.05, 4.69) is 49.2 Å². The van der Waals surface area contributed by atoms with E-state index in [1.165, 1.54) is 0 Å². The summed E-state index contributed by atoms with van der Waals surface area (Å²) in [7, 11) is 2.15. The molecule has 5 rings (SSSR count). The number of amides is 1. The first kappa shape index (κ1) is 22.7. The predicted octanol–water partition coefficient (Wildman–Crippen LogP) is 2.88. The van der Waals surface area contributed by atoms with E-state index in [-0.39, 0.29) is 5.91 Å². The zero-order valence-corrected chi connectivity index (χ0v) is 19.8. The summed E-state index contributed by atoms with van der Waals surface area (Å²) >= 11 is 0. The van der Waals surface area contributed by atoms with Crippen molar-refractivity contribution in [3.05, 3.63) is 89.5 Å². The molecule has 8 heteroatoms. The second-order valence-corrected chi connectivity index (χ2v) is 9.01. The molecule has 0 aliphatic carbocycles. The lowest BCUT2D eigenvalue weighted by atomic mass is 10.1. The molecule has 0 unspecified atom stereocenters. The molecule has 0 atom stereocenters. The quantitative estimate of drug-likeness (QED) is 0.450. The normalized spacial score (nSPS) is 14.3. The summed E-state index contributed by atoms with van der Waals surface area (Å²) in [6.45, 7) is 4.51. The third kappa shape index (κ3) is 5.38. The summed E-state index contributed by atoms with van der Waals surface area (Å²) in [5, 5.41) is 4.89. The van der Waals surface area contributed by atoms with Crippen LogP contribution in [0.1, 0.15) is 27.0 Å². The second-order valence-electron chi connectivity index (χ2n) is 9.01. The van der Waals surface area contributed by atoms with Gasteiger partial charge in [0.1, 0.15) is 11.6 Å². The second kappa shape index (κ2) is 10.1. The Hall–Kier alpha value is -4.04. The minimum absolute atomic E-state index is 0.155. The van der Waals surface area contributed by atoms with Crippen LogP contribution in [0.3, 0.4) is 0 Å². The van der Waals surface area contributed by atoms with Gasteiger partial charge in [0.05, 0.1) is 5.56 Å². The zero-order valence-electron chi connectivity index (χ0n) is 19.8. The van der Waals surface area contributed by atoms with Crippen molar-refractivity contribution in [1.82, 2.24) is 25.2 Å². The van der Waals surface area contributed by atoms with Gasteiger partial charge < -0.3 is 20.9 Å². The highest BCUT2D eigenvalue weighted by Gasteiger charge is 2.15. The largest absolute Gasteiger partial charge is 0.383 e. The van der Waals surface area contributed by atoms with Crippen molar-refractivity contribution in [2.45, 2.75) is 13.0 Å². The van der Waals surface area contributed by atoms with Crippen LogP contribution in [-0.4, -0.2) is 59.0 Å². The maximum absolute atomic E-state index is 12.8. The number of aromatic nitrogens is 3. The molecule has 178 valence electrons. The van der Waals surface area contributed by atoms with Crippen LogP contribution in [0.15, 0.2) is 67.3 Å². The number of hydrogen-bond acceptors (Lipinski definition) is 7. The van der Waals surface area contributed by atoms with Gasteiger partial charge in [0, 0.05) is 69.3 Å². The number of nitrogens with zero attached hydrogens (tertiary/aromatic N) is 5. The van der Waals surface area contributed by atoms with Gasteiger partial charge in [-0.2, -0.15) is 0 Å². The van der Waals surface area contributed by atoms with E-state index in [1.807, 2.05) is 36.5 Å². The molecule has 1 saturated heterocycles. The third-order valence-corrected chi connectivity index (χ3v) is 6.41. The standard InChI is InChI=1S/C27H29N7O/c1-33-8-10-34(11-9-33)25-5-3-19(16-31-25)12-21-14-23(18-29-15-21)27(35)32-17-20-2-4-24-22(13-20)6-7-30-26(24)28/h2-7,13-16,18H,8-12,17H2,1H3,(H2,28,30)(H,32,35). The Bertz CT molecular complexity index is 1330. The van der Waals surface area contributed by atoms with E-state index >= 15 is 0 Å². The molecule has 0 radical (unpaired) electrons. The van der Waals surface area contributed by atoms with Gasteiger partial charge in [0.15, 0.2) is 0 Å². The highest BCUT2D eigenvalue weighted by atomic mass is 16.1. The van der Waals surface area contributed by atoms with Crippen LogP contribution < -0.4 is 16.0 Å². The molecule has 1 aliphatic rings. The molecule has 1 aromatic carbocycles. The number of likely N-dealkylation sites (N-methyl/N-ethyl adjacent to an activating group) is 1. The molecule has 8 nitrogen and oxygen atoms in total. The van der Waals surface area contributed by atoms with Crippen molar-refractivity contribution in [3.8, 4) is 0 Å². The third-order valence-electron chi connectivity index (χ3n) is 6.41. The lowest BCUT2D eigenvalue weighted by Gasteiger charge is -2.33. The fourth-order valence-electron chi connectivity index (χ4n) is 4.33. The monoisotopic (exact) mass is 467 g/mol. The Morgan fingerprint density at radius 1 is 0.943 bits per heavy atom. The number of benzene rings is 1. The number of carbonyl (C=O) groups excluding carboxylic acids is 1. The van der Waals surface area contributed by atoms with E-state index in [0.29, 0.717) is 24.3 Å². The zero-order chi connectivity index (χ0) is 24.2. The first-order valence-electron chi connectivity index (χ1n) is 11.8. The fraction of sp³-hybridized carbons (Fsp3) is 0.259. The minimum atomic E-state index is -0.155. The molecule has 3 N–H and O–H groups in total. The molecule has 1 amide bonds. The Morgan fingerprint density at radius 3 is 2.57 bits per heavy atom. The van der Waals surface area contributed by atoms with Gasteiger partial charge in [0.25, 0.3) is 5.91 Å². The number of anilines is 2. The number of pyridine rings is 3. The topological polar surface area (TPSA) is 100 Å². The van der Waals surface area contributed by atoms with Gasteiger partial charge in [-0.05, 0) is 53.4 Å². The molecule has 1 aliphatic heterocycles. The number of nitrogen functional groups attached to an aromatic ring is 1. The Morgan fingerprint density at radius 2 is 1.77 bits per heavy atom. The van der Waals surface area contributed by atoms with Gasteiger partial charge in [0.2, 0.25) is 0 Å². The number of fused-ring (bicyclic) bond motifs is 1. The van der Waals surface area contributed by atoms with Crippen LogP contribution in [0.2, 0.25) is 0 Å². The molecule has 35 heavy (non-hydrogen) atoms. The first-order chi connectivity index (χ1) is 17.0. The molecular formula is C27H29N7O. The highest BCUT2D eigenvalue weighted by molar-refractivity contribution is 5.94. The molecule has 3 aromatic heterocycles. The SMILES string of the molecule is CN1CCN(c2ccc(Cc3cncc(C(=O)NCc4ccc5c(N)nccc5c4)c3)cn2)CC1. The number of hydrogen-bond donors (Lipinski definition) is 2. The minimum Gasteiger partial charge on any atom is -0.383 e. The predicted molar refractivity (Wildman–Crippen MR) is 138 cm³/mol. The number of nitrogens with one attached hydrogen (secondary N) is 1. The maximum atomic E-state index is 12.8. The van der Waals surface area contributed by atoms with Gasteiger partial charge in [-0.1, -0.05) is 18.2 Å². The number of carbonyl (C=O) groups is 1. The Kier molecular flexibility index (Phi) is 6.54. The summed E-state index contributed by atoms with van der Waals surface area (Å²) in [5.74, 6) is 1.36. The van der Waals surface area contributed by atoms with E-state index in [1.54, 1.807) is 18.6 Å². The van der Waals surface area contributed by atoms with Gasteiger partial charge in [-0.15, -0.1) is 0 Å². The van der Waals surface area contributed by atoms with E-state index in [9.17, 15) is 4.79 Å². The van der Waals surface area contributed by atoms with Crippen LogP contribution in [0, 0.1) is 0 Å². The highest BCUT2D eigenvalue weighted by Crippen LogP contribution is 2.20. The summed E-state index contributed by atoms with van der Waals surface area (Å²) in [6.07, 6.45) is 7.67. The van der Waals surface area contributed by atoms with Crippen molar-refractivity contribution in [2.75, 3.05) is 43.9 Å². The summed E-state index contributed by atoms with van der Waals surface area (Å²) in [5.41, 5.74) is 9.52. The number of nitrogens with two attached hydrogens (primary N) is 1. The van der Waals surface area contributed by atoms with Gasteiger partial charge >= 0.3 is 0 Å². The van der Waals surface area contributed by atoms with Gasteiger partial charge in [-0.3, -0.25) is 9.78 Å². The lowest BCUT2D eigenvalue weighted by molar-refractivity contribution is 0.0950. The average Bonchev–Trinajstić information content (AvgIpc) is 2.88. The maximum Gasteiger partial charge on any atom is 0.253 e. The lowest BCUT2D eigenvalue weighted by Crippen LogP contribution is -2.44. The van der Waals surface area contributed by atoms with Crippen LogP contribution >= 0.6 is 0 Å². The average molecular weight is 468 g/mol. The van der Waals surface area contributed by atoms with Crippen LogP contribution in [-0.2, 0) is 13.0 Å². The molecule has 0 spiro atoms. The molecule has 1 fully saturated rings. The van der Waals surface area contributed by atoms with Crippen LogP contribution in [0.4, 0.5) is 11.6 Å². The van der Waals surface area contributed by atoms with Crippen molar-refractivity contribution in [2.24, 2.45) is 0 Å². The van der Waals surface area contributed by atoms with Crippen molar-refractivity contribution in [3.63, 3.8) is 0 Å². The van der Waals surface area contributed by atoms with Crippen LogP contribution in [0.25, 0.3) is 10.8 Å². The summed E-state index contributed by atoms with van der Waals surface area (Å²) < 4.78 is 0. The van der Waals surface area contributed by atoms with Crippen molar-refractivity contribution in [1.29, 1.82) is 0 Å². The van der Waals surface area contributed by atoms with Crippen LogP contribution in [0.5, 0.6) is 0 Å². The first-order valence-corrected chi connectivity index (χ1v) is 11.8. The number of rotatable bonds is 6. The fourth-order valence-corrected chi connectivity index (χ4v) is 4.33.